The Balaban J connectivity index is 1.80. The van der Waals surface area contributed by atoms with Gasteiger partial charge in [-0.3, -0.25) is 19.1 Å². The molecule has 11 heteroatoms. The lowest BCUT2D eigenvalue weighted by Gasteiger charge is -2.26. The van der Waals surface area contributed by atoms with Gasteiger partial charge in [0.05, 0.1) is 12.2 Å². The molecular weight excluding hydrogens is 456 g/mol. The molecule has 182 valence electrons. The monoisotopic (exact) mass is 486 g/mol. The molecule has 0 spiro atoms. The number of carbonyl (C=O) groups excluding carboxylic acids is 1. The van der Waals surface area contributed by atoms with Crippen LogP contribution in [0.2, 0.25) is 0 Å². The van der Waals surface area contributed by atoms with Crippen molar-refractivity contribution in [2.24, 2.45) is 11.8 Å². The van der Waals surface area contributed by atoms with E-state index in [-0.39, 0.29) is 46.8 Å². The maximum absolute atomic E-state index is 13.2. The Hall–Kier alpha value is -3.34. The number of aromatic nitrogens is 4. The normalized spacial score (nSPS) is 11.4. The van der Waals surface area contributed by atoms with Crippen molar-refractivity contribution in [1.29, 1.82) is 0 Å². The van der Waals surface area contributed by atoms with E-state index in [1.165, 1.54) is 9.47 Å². The molecule has 0 saturated carbocycles. The Kier molecular flexibility index (Phi) is 8.32. The van der Waals surface area contributed by atoms with Gasteiger partial charge in [-0.15, -0.1) is 10.2 Å². The average Bonchev–Trinajstić information content (AvgIpc) is 3.21. The molecule has 1 aromatic carbocycles. The molecule has 0 saturated heterocycles. The Labute approximate surface area is 201 Å². The van der Waals surface area contributed by atoms with Crippen molar-refractivity contribution in [3.05, 3.63) is 62.6 Å². The summed E-state index contributed by atoms with van der Waals surface area (Å²) >= 11 is 1.09. The highest BCUT2D eigenvalue weighted by atomic mass is 32.2. The molecule has 2 heterocycles. The minimum absolute atomic E-state index is 0.0187. The fourth-order valence-corrected chi connectivity index (χ4v) is 4.06. The van der Waals surface area contributed by atoms with Gasteiger partial charge in [-0.1, -0.05) is 69.8 Å². The third kappa shape index (κ3) is 6.37. The first-order valence-corrected chi connectivity index (χ1v) is 12.1. The van der Waals surface area contributed by atoms with Gasteiger partial charge < -0.3 is 15.1 Å². The summed E-state index contributed by atoms with van der Waals surface area (Å²) in [6.45, 7) is 8.29. The molecule has 3 rings (SSSR count). The van der Waals surface area contributed by atoms with Crippen molar-refractivity contribution in [3.63, 3.8) is 0 Å². The zero-order valence-corrected chi connectivity index (χ0v) is 20.6. The fourth-order valence-electron chi connectivity index (χ4n) is 3.41. The molecule has 2 aromatic heterocycles. The number of nitrogens with two attached hydrogens (primary N) is 1. The summed E-state index contributed by atoms with van der Waals surface area (Å²) in [5.74, 6) is 0.201. The zero-order valence-electron chi connectivity index (χ0n) is 19.8. The Bertz CT molecular complexity index is 1230. The molecule has 3 N–H and O–H groups in total. The minimum Gasteiger partial charge on any atom is -0.416 e. The van der Waals surface area contributed by atoms with Gasteiger partial charge in [0.2, 0.25) is 11.8 Å². The Morgan fingerprint density at radius 2 is 1.85 bits per heavy atom. The smallest absolute Gasteiger partial charge is 0.330 e. The summed E-state index contributed by atoms with van der Waals surface area (Å²) in [7, 11) is 0. The summed E-state index contributed by atoms with van der Waals surface area (Å²) in [6.07, 6.45) is 0.491. The van der Waals surface area contributed by atoms with Crippen LogP contribution < -0.4 is 21.9 Å². The number of H-pyrrole nitrogens is 1. The zero-order chi connectivity index (χ0) is 24.8. The van der Waals surface area contributed by atoms with Gasteiger partial charge >= 0.3 is 5.69 Å². The maximum atomic E-state index is 13.2. The van der Waals surface area contributed by atoms with Crippen molar-refractivity contribution in [1.82, 2.24) is 19.7 Å². The number of benzene rings is 1. The van der Waals surface area contributed by atoms with Crippen LogP contribution in [-0.2, 0) is 17.8 Å². The van der Waals surface area contributed by atoms with Gasteiger partial charge in [0.15, 0.2) is 5.69 Å². The Morgan fingerprint density at radius 1 is 1.15 bits per heavy atom. The van der Waals surface area contributed by atoms with Gasteiger partial charge in [0, 0.05) is 13.1 Å². The molecule has 0 radical (unpaired) electrons. The second-order valence-corrected chi connectivity index (χ2v) is 9.74. The number of nitrogens with zero attached hydrogens (tertiary/aromatic N) is 4. The molecule has 0 aliphatic heterocycles. The number of carbonyl (C=O) groups is 1. The number of hydrogen-bond donors (Lipinski definition) is 2. The molecule has 10 nitrogen and oxygen atoms in total. The van der Waals surface area contributed by atoms with Crippen molar-refractivity contribution in [2.75, 3.05) is 22.9 Å². The van der Waals surface area contributed by atoms with Crippen molar-refractivity contribution in [3.8, 4) is 0 Å². The van der Waals surface area contributed by atoms with Crippen LogP contribution in [0.4, 0.5) is 11.5 Å². The largest absolute Gasteiger partial charge is 0.416 e. The number of hydrogen-bond acceptors (Lipinski definition) is 8. The topological polar surface area (TPSA) is 140 Å². The van der Waals surface area contributed by atoms with Crippen molar-refractivity contribution in [2.45, 2.75) is 45.9 Å². The summed E-state index contributed by atoms with van der Waals surface area (Å²) in [5, 5.41) is 8.31. The number of nitrogen functional groups attached to an aromatic ring is 1. The number of aromatic amines is 1. The summed E-state index contributed by atoms with van der Waals surface area (Å²) in [5.41, 5.74) is 5.96. The molecule has 0 fully saturated rings. The summed E-state index contributed by atoms with van der Waals surface area (Å²) in [4.78, 5) is 41.8. The van der Waals surface area contributed by atoms with Gasteiger partial charge in [-0.05, 0) is 17.4 Å². The van der Waals surface area contributed by atoms with E-state index in [4.69, 9.17) is 10.2 Å². The van der Waals surface area contributed by atoms with Crippen LogP contribution in [0.3, 0.4) is 0 Å². The Morgan fingerprint density at radius 3 is 2.50 bits per heavy atom. The second-order valence-electron chi connectivity index (χ2n) is 8.81. The van der Waals surface area contributed by atoms with E-state index < -0.39 is 11.2 Å². The van der Waals surface area contributed by atoms with Crippen LogP contribution in [0, 0.1) is 11.8 Å². The SMILES string of the molecule is CC(C)CN(C(=O)CSc1nnc(Cc2ccccc2)o1)c1c(N)n(CC(C)C)c(=O)[nH]c1=O. The van der Waals surface area contributed by atoms with Gasteiger partial charge in [0.25, 0.3) is 10.8 Å². The molecule has 0 bridgehead atoms. The van der Waals surface area contributed by atoms with Gasteiger partial charge in [-0.2, -0.15) is 0 Å². The first kappa shape index (κ1) is 25.3. The lowest BCUT2D eigenvalue weighted by molar-refractivity contribution is -0.116. The highest BCUT2D eigenvalue weighted by Gasteiger charge is 2.26. The van der Waals surface area contributed by atoms with Crippen LogP contribution in [-0.4, -0.2) is 38.0 Å². The van der Waals surface area contributed by atoms with Crippen LogP contribution in [0.5, 0.6) is 0 Å². The van der Waals surface area contributed by atoms with E-state index in [2.05, 4.69) is 15.2 Å². The van der Waals surface area contributed by atoms with Crippen LogP contribution in [0.1, 0.15) is 39.1 Å². The third-order valence-corrected chi connectivity index (χ3v) is 5.65. The lowest BCUT2D eigenvalue weighted by atomic mass is 10.2. The average molecular weight is 487 g/mol. The van der Waals surface area contributed by atoms with E-state index in [1.807, 2.05) is 58.0 Å². The van der Waals surface area contributed by atoms with E-state index in [9.17, 15) is 14.4 Å². The third-order valence-electron chi connectivity index (χ3n) is 4.85. The molecule has 0 aliphatic carbocycles. The second kappa shape index (κ2) is 11.2. The predicted octanol–water partition coefficient (Wildman–Crippen LogP) is 2.53. The van der Waals surface area contributed by atoms with Crippen LogP contribution >= 0.6 is 11.8 Å². The first-order valence-electron chi connectivity index (χ1n) is 11.1. The molecule has 0 atom stereocenters. The van der Waals surface area contributed by atoms with Crippen molar-refractivity contribution >= 4 is 29.2 Å². The number of anilines is 2. The quantitative estimate of drug-likeness (QED) is 0.417. The number of nitrogens with one attached hydrogen (secondary N) is 1. The lowest BCUT2D eigenvalue weighted by Crippen LogP contribution is -2.43. The fraction of sp³-hybridized carbons (Fsp3) is 0.435. The molecule has 3 aromatic rings. The van der Waals surface area contributed by atoms with Crippen molar-refractivity contribution < 1.29 is 9.21 Å². The molecule has 34 heavy (non-hydrogen) atoms. The van der Waals surface area contributed by atoms with Crippen LogP contribution in [0.25, 0.3) is 0 Å². The molecule has 0 unspecified atom stereocenters. The van der Waals surface area contributed by atoms with Crippen LogP contribution in [0.15, 0.2) is 49.6 Å². The van der Waals surface area contributed by atoms with E-state index >= 15 is 0 Å². The highest BCUT2D eigenvalue weighted by Crippen LogP contribution is 2.23. The van der Waals surface area contributed by atoms with Gasteiger partial charge in [-0.25, -0.2) is 4.79 Å². The molecule has 0 aliphatic rings. The number of thioether (sulfide) groups is 1. The summed E-state index contributed by atoms with van der Waals surface area (Å²) < 4.78 is 6.96. The number of rotatable bonds is 10. The maximum Gasteiger partial charge on any atom is 0.330 e. The molecular formula is C23H30N6O4S. The first-order chi connectivity index (χ1) is 16.2. The number of amides is 1. The predicted molar refractivity (Wildman–Crippen MR) is 132 cm³/mol. The minimum atomic E-state index is -0.690. The standard InChI is InChI=1S/C23H30N6O4S/c1-14(2)11-28(19-20(24)29(12-15(3)4)22(32)25-21(19)31)18(30)13-34-23-27-26-17(33-23)10-16-8-6-5-7-9-16/h5-9,14-15H,10-13,24H2,1-4H3,(H,25,31,32). The van der Waals surface area contributed by atoms with E-state index in [0.717, 1.165) is 17.3 Å². The van der Waals surface area contributed by atoms with Gasteiger partial charge in [0.1, 0.15) is 5.82 Å². The van der Waals surface area contributed by atoms with E-state index in [1.54, 1.807) is 0 Å². The molecule has 1 amide bonds. The summed E-state index contributed by atoms with van der Waals surface area (Å²) in [6, 6.07) is 9.72. The van der Waals surface area contributed by atoms with E-state index in [0.29, 0.717) is 18.9 Å². The highest BCUT2D eigenvalue weighted by molar-refractivity contribution is 7.99.